The molecule has 0 rings (SSSR count). The molecule has 6 heteroatoms. The predicted octanol–water partition coefficient (Wildman–Crippen LogP) is 0.198. The highest BCUT2D eigenvalue weighted by Crippen LogP contribution is 1.98. The molecule has 0 aliphatic carbocycles. The Kier molecular flexibility index (Phi) is 10.4. The summed E-state index contributed by atoms with van der Waals surface area (Å²) in [4.78, 5) is 24.2. The first-order valence-electron chi connectivity index (χ1n) is 2.46. The topological polar surface area (TPSA) is 83.8 Å². The lowest BCUT2D eigenvalue weighted by Gasteiger charge is -1.87. The maximum atomic E-state index is 9.96. The van der Waals surface area contributed by atoms with Crippen LogP contribution in [0.15, 0.2) is 0 Å². The average molecular weight is 169 g/mol. The molecule has 0 fully saturated rings. The van der Waals surface area contributed by atoms with Gasteiger partial charge >= 0.3 is 14.2 Å². The van der Waals surface area contributed by atoms with E-state index in [0.29, 0.717) is 6.42 Å². The molecule has 0 heterocycles. The van der Waals surface area contributed by atoms with E-state index in [1.54, 1.807) is 6.92 Å². The van der Waals surface area contributed by atoms with E-state index in [0.717, 1.165) is 0 Å². The van der Waals surface area contributed by atoms with Gasteiger partial charge < -0.3 is 4.74 Å². The molecule has 0 aromatic heterocycles. The SMILES string of the molecule is CCC(=O)OC.O=[P+](O)O. The Labute approximate surface area is 59.6 Å². The molecule has 0 aliphatic heterocycles. The van der Waals surface area contributed by atoms with E-state index in [-0.39, 0.29) is 5.97 Å². The molecule has 0 radical (unpaired) electrons. The van der Waals surface area contributed by atoms with E-state index >= 15 is 0 Å². The zero-order valence-electron chi connectivity index (χ0n) is 5.77. The van der Waals surface area contributed by atoms with Crippen LogP contribution in [0.4, 0.5) is 0 Å². The Bertz CT molecular complexity index is 102. The van der Waals surface area contributed by atoms with Crippen LogP contribution >= 0.6 is 8.25 Å². The molecule has 2 N–H and O–H groups in total. The van der Waals surface area contributed by atoms with Crippen LogP contribution in [0.3, 0.4) is 0 Å². The summed E-state index contributed by atoms with van der Waals surface area (Å²) in [6, 6.07) is 0. The van der Waals surface area contributed by atoms with E-state index in [2.05, 4.69) is 4.74 Å². The van der Waals surface area contributed by atoms with E-state index < -0.39 is 8.25 Å². The average Bonchev–Trinajstić information content (AvgIpc) is 1.85. The van der Waals surface area contributed by atoms with Gasteiger partial charge in [0.2, 0.25) is 0 Å². The fourth-order valence-electron chi connectivity index (χ4n) is 0.144. The smallest absolute Gasteiger partial charge is 0.469 e. The number of carbonyl (C=O) groups is 1. The number of rotatable bonds is 1. The Hall–Kier alpha value is -0.510. The fourth-order valence-corrected chi connectivity index (χ4v) is 0.144. The van der Waals surface area contributed by atoms with Gasteiger partial charge in [0.15, 0.2) is 0 Å². The standard InChI is InChI=1S/C4H8O2.HO3P/c1-3-4(5)6-2;1-4(2)3/h3H2,1-2H3;(H-,1,2,3)/p+1. The van der Waals surface area contributed by atoms with Gasteiger partial charge in [0.1, 0.15) is 0 Å². The van der Waals surface area contributed by atoms with Crippen molar-refractivity contribution < 1.29 is 23.9 Å². The number of carbonyl (C=O) groups excluding carboxylic acids is 1. The summed E-state index contributed by atoms with van der Waals surface area (Å²) >= 11 is 0. The molecule has 0 aromatic carbocycles. The lowest BCUT2D eigenvalue weighted by Crippen LogP contribution is -1.94. The lowest BCUT2D eigenvalue weighted by atomic mass is 10.5. The first kappa shape index (κ1) is 12.2. The highest BCUT2D eigenvalue weighted by atomic mass is 31.1. The van der Waals surface area contributed by atoms with Gasteiger partial charge in [-0.15, -0.1) is 9.79 Å². The first-order chi connectivity index (χ1) is 4.54. The minimum Gasteiger partial charge on any atom is -0.469 e. The Balaban J connectivity index is 0. The van der Waals surface area contributed by atoms with Crippen molar-refractivity contribution in [2.75, 3.05) is 7.11 Å². The Morgan fingerprint density at radius 1 is 1.60 bits per heavy atom. The molecular formula is C4H10O5P+. The minimum absolute atomic E-state index is 0.157. The van der Waals surface area contributed by atoms with Crippen molar-refractivity contribution >= 4 is 14.2 Å². The second-order valence-electron chi connectivity index (χ2n) is 1.18. The number of hydrogen-bond donors (Lipinski definition) is 2. The van der Waals surface area contributed by atoms with Crippen molar-refractivity contribution in [1.29, 1.82) is 0 Å². The van der Waals surface area contributed by atoms with Gasteiger partial charge in [-0.1, -0.05) is 6.92 Å². The van der Waals surface area contributed by atoms with Gasteiger partial charge in [-0.05, 0) is 0 Å². The zero-order valence-corrected chi connectivity index (χ0v) is 6.67. The number of hydrogen-bond acceptors (Lipinski definition) is 3. The minimum atomic E-state index is -2.87. The first-order valence-corrected chi connectivity index (χ1v) is 3.62. The highest BCUT2D eigenvalue weighted by molar-refractivity contribution is 7.30. The van der Waals surface area contributed by atoms with Crippen LogP contribution in [0, 0.1) is 0 Å². The summed E-state index contributed by atoms with van der Waals surface area (Å²) in [6.45, 7) is 1.76. The van der Waals surface area contributed by atoms with E-state index in [4.69, 9.17) is 14.4 Å². The van der Waals surface area contributed by atoms with Crippen molar-refractivity contribution in [3.63, 3.8) is 0 Å². The quantitative estimate of drug-likeness (QED) is 0.432. The molecule has 0 aromatic rings. The summed E-state index contributed by atoms with van der Waals surface area (Å²) in [5, 5.41) is 0. The van der Waals surface area contributed by atoms with Crippen molar-refractivity contribution in [3.05, 3.63) is 0 Å². The van der Waals surface area contributed by atoms with Crippen LogP contribution < -0.4 is 0 Å². The molecule has 0 bridgehead atoms. The molecule has 0 saturated carbocycles. The molecule has 0 spiro atoms. The third-order valence-corrected chi connectivity index (χ3v) is 0.516. The maximum absolute atomic E-state index is 9.96. The summed E-state index contributed by atoms with van der Waals surface area (Å²) in [6.07, 6.45) is 0.469. The van der Waals surface area contributed by atoms with Gasteiger partial charge in [-0.25, -0.2) is 0 Å². The molecule has 0 unspecified atom stereocenters. The largest absolute Gasteiger partial charge is 0.692 e. The Morgan fingerprint density at radius 2 is 1.90 bits per heavy atom. The number of ether oxygens (including phenoxy) is 1. The third kappa shape index (κ3) is 25.9. The predicted molar refractivity (Wildman–Crippen MR) is 34.4 cm³/mol. The van der Waals surface area contributed by atoms with Crippen LogP contribution in [0.2, 0.25) is 0 Å². The van der Waals surface area contributed by atoms with Gasteiger partial charge in [-0.3, -0.25) is 4.79 Å². The van der Waals surface area contributed by atoms with Gasteiger partial charge in [0.05, 0.1) is 7.11 Å². The van der Waals surface area contributed by atoms with Crippen LogP contribution in [-0.2, 0) is 14.1 Å². The van der Waals surface area contributed by atoms with Crippen LogP contribution in [0.1, 0.15) is 13.3 Å². The third-order valence-electron chi connectivity index (χ3n) is 0.516. The van der Waals surface area contributed by atoms with E-state index in [9.17, 15) is 4.79 Å². The molecular weight excluding hydrogens is 159 g/mol. The molecule has 0 aliphatic rings. The molecule has 0 saturated heterocycles. The summed E-state index contributed by atoms with van der Waals surface area (Å²) < 4.78 is 13.0. The molecule has 5 nitrogen and oxygen atoms in total. The maximum Gasteiger partial charge on any atom is 0.692 e. The van der Waals surface area contributed by atoms with Crippen molar-refractivity contribution in [2.45, 2.75) is 13.3 Å². The van der Waals surface area contributed by atoms with Crippen LogP contribution in [-0.4, -0.2) is 22.9 Å². The molecule has 0 atom stereocenters. The second-order valence-corrected chi connectivity index (χ2v) is 1.69. The molecule has 60 valence electrons. The van der Waals surface area contributed by atoms with E-state index in [1.165, 1.54) is 7.11 Å². The summed E-state index contributed by atoms with van der Waals surface area (Å²) in [5.41, 5.74) is 0. The second kappa shape index (κ2) is 8.49. The molecule has 10 heavy (non-hydrogen) atoms. The number of methoxy groups -OCH3 is 1. The number of esters is 1. The van der Waals surface area contributed by atoms with E-state index in [1.807, 2.05) is 0 Å². The summed E-state index contributed by atoms with van der Waals surface area (Å²) in [7, 11) is -1.49. The van der Waals surface area contributed by atoms with Crippen molar-refractivity contribution in [3.8, 4) is 0 Å². The molecule has 0 amide bonds. The van der Waals surface area contributed by atoms with Crippen molar-refractivity contribution in [1.82, 2.24) is 0 Å². The van der Waals surface area contributed by atoms with Gasteiger partial charge in [0.25, 0.3) is 0 Å². The zero-order chi connectivity index (χ0) is 8.57. The highest BCUT2D eigenvalue weighted by Gasteiger charge is 1.93. The Morgan fingerprint density at radius 3 is 1.90 bits per heavy atom. The van der Waals surface area contributed by atoms with Crippen LogP contribution in [0.25, 0.3) is 0 Å². The lowest BCUT2D eigenvalue weighted by molar-refractivity contribution is -0.140. The fraction of sp³-hybridized carbons (Fsp3) is 0.750. The van der Waals surface area contributed by atoms with Crippen LogP contribution in [0.5, 0.6) is 0 Å². The summed E-state index contributed by atoms with van der Waals surface area (Å²) in [5.74, 6) is -0.157. The van der Waals surface area contributed by atoms with Gasteiger partial charge in [-0.2, -0.15) is 0 Å². The van der Waals surface area contributed by atoms with Gasteiger partial charge in [0, 0.05) is 11.0 Å². The monoisotopic (exact) mass is 169 g/mol. The van der Waals surface area contributed by atoms with Crippen molar-refractivity contribution in [2.24, 2.45) is 0 Å². The normalized spacial score (nSPS) is 7.20.